The van der Waals surface area contributed by atoms with Crippen molar-refractivity contribution < 1.29 is 9.15 Å². The molecule has 1 aromatic heterocycles. The van der Waals surface area contributed by atoms with Gasteiger partial charge in [0.15, 0.2) is 0 Å². The molecule has 2 heteroatoms. The Morgan fingerprint density at radius 2 is 2.14 bits per heavy atom. The summed E-state index contributed by atoms with van der Waals surface area (Å²) in [5.41, 5.74) is 1.11. The molecule has 70 valence electrons. The fraction of sp³-hybridized carbons (Fsp3) is 0.167. The second kappa shape index (κ2) is 3.99. The van der Waals surface area contributed by atoms with Crippen LogP contribution in [0.5, 0.6) is 0 Å². The summed E-state index contributed by atoms with van der Waals surface area (Å²) in [4.78, 5) is 0. The number of benzene rings is 1. The predicted molar refractivity (Wildman–Crippen MR) is 54.7 cm³/mol. The lowest BCUT2D eigenvalue weighted by Gasteiger charge is -2.00. The minimum atomic E-state index is 0.351. The van der Waals surface area contributed by atoms with E-state index in [1.165, 1.54) is 0 Å². The predicted octanol–water partition coefficient (Wildman–Crippen LogP) is 2.58. The van der Waals surface area contributed by atoms with Gasteiger partial charge in [0, 0.05) is 10.8 Å². The van der Waals surface area contributed by atoms with Crippen molar-refractivity contribution in [2.75, 3.05) is 6.61 Å². The van der Waals surface area contributed by atoms with Gasteiger partial charge in [0.2, 0.25) is 0 Å². The topological polar surface area (TPSA) is 22.4 Å². The Labute approximate surface area is 82.5 Å². The van der Waals surface area contributed by atoms with Crippen molar-refractivity contribution >= 4 is 10.8 Å². The minimum absolute atomic E-state index is 0.351. The zero-order valence-corrected chi connectivity index (χ0v) is 7.69. The average molecular weight is 186 g/mol. The summed E-state index contributed by atoms with van der Waals surface area (Å²) in [5, 5.41) is 2.19. The van der Waals surface area contributed by atoms with Gasteiger partial charge in [0.25, 0.3) is 0 Å². The largest absolute Gasteiger partial charge is 0.471 e. The van der Waals surface area contributed by atoms with Gasteiger partial charge in [-0.2, -0.15) is 0 Å². The molecule has 0 saturated heterocycles. The van der Waals surface area contributed by atoms with Gasteiger partial charge >= 0.3 is 0 Å². The molecule has 0 aliphatic carbocycles. The highest BCUT2D eigenvalue weighted by molar-refractivity contribution is 5.81. The number of ether oxygens (including phenoxy) is 1. The third kappa shape index (κ3) is 1.78. The van der Waals surface area contributed by atoms with E-state index in [1.54, 1.807) is 12.5 Å². The summed E-state index contributed by atoms with van der Waals surface area (Å²) in [6.07, 6.45) is 8.52. The third-order valence-electron chi connectivity index (χ3n) is 2.00. The standard InChI is InChI=1S/C12H10O2/c1-2-5-13-7-10-3-4-11-8-14-9-12(11)6-10/h1,3-4,6,8-9H,5,7H2. The lowest BCUT2D eigenvalue weighted by molar-refractivity contribution is 0.153. The van der Waals surface area contributed by atoms with Crippen LogP contribution in [0.3, 0.4) is 0 Å². The van der Waals surface area contributed by atoms with E-state index in [2.05, 4.69) is 5.92 Å². The molecular weight excluding hydrogens is 176 g/mol. The number of hydrogen-bond acceptors (Lipinski definition) is 2. The van der Waals surface area contributed by atoms with E-state index in [1.807, 2.05) is 18.2 Å². The molecule has 0 unspecified atom stereocenters. The van der Waals surface area contributed by atoms with E-state index in [0.717, 1.165) is 16.3 Å². The maximum atomic E-state index is 5.23. The van der Waals surface area contributed by atoms with Gasteiger partial charge in [-0.05, 0) is 11.6 Å². The van der Waals surface area contributed by atoms with Crippen LogP contribution in [0, 0.1) is 12.3 Å². The van der Waals surface area contributed by atoms with Crippen molar-refractivity contribution in [1.29, 1.82) is 0 Å². The minimum Gasteiger partial charge on any atom is -0.471 e. The van der Waals surface area contributed by atoms with Crippen LogP contribution in [-0.4, -0.2) is 6.61 Å². The van der Waals surface area contributed by atoms with Crippen molar-refractivity contribution in [2.24, 2.45) is 0 Å². The van der Waals surface area contributed by atoms with Crippen molar-refractivity contribution in [2.45, 2.75) is 6.61 Å². The maximum absolute atomic E-state index is 5.23. The molecule has 0 fully saturated rings. The first kappa shape index (κ1) is 8.86. The molecule has 2 rings (SSSR count). The second-order valence-corrected chi connectivity index (χ2v) is 3.03. The Morgan fingerprint density at radius 3 is 3.00 bits per heavy atom. The first-order chi connectivity index (χ1) is 6.90. The summed E-state index contributed by atoms with van der Waals surface area (Å²) in [6, 6.07) is 6.05. The molecule has 0 aliphatic rings. The summed E-state index contributed by atoms with van der Waals surface area (Å²) < 4.78 is 10.3. The molecule has 0 spiro atoms. The Kier molecular flexibility index (Phi) is 2.53. The Morgan fingerprint density at radius 1 is 1.29 bits per heavy atom. The normalized spacial score (nSPS) is 10.2. The second-order valence-electron chi connectivity index (χ2n) is 3.03. The van der Waals surface area contributed by atoms with Crippen molar-refractivity contribution in [1.82, 2.24) is 0 Å². The Balaban J connectivity index is 2.14. The highest BCUT2D eigenvalue weighted by Crippen LogP contribution is 2.17. The quantitative estimate of drug-likeness (QED) is 0.543. The van der Waals surface area contributed by atoms with Gasteiger partial charge in [-0.25, -0.2) is 0 Å². The van der Waals surface area contributed by atoms with E-state index in [9.17, 15) is 0 Å². The van der Waals surface area contributed by atoms with Crippen molar-refractivity contribution in [3.05, 3.63) is 36.3 Å². The van der Waals surface area contributed by atoms with Gasteiger partial charge < -0.3 is 9.15 Å². The van der Waals surface area contributed by atoms with Gasteiger partial charge in [-0.1, -0.05) is 18.1 Å². The molecule has 0 saturated carbocycles. The Hall–Kier alpha value is -1.72. The highest BCUT2D eigenvalue weighted by Gasteiger charge is 1.97. The maximum Gasteiger partial charge on any atom is 0.107 e. The van der Waals surface area contributed by atoms with Crippen LogP contribution in [0.1, 0.15) is 5.56 Å². The molecule has 0 N–H and O–H groups in total. The van der Waals surface area contributed by atoms with Crippen LogP contribution in [-0.2, 0) is 11.3 Å². The van der Waals surface area contributed by atoms with Crippen molar-refractivity contribution in [3.8, 4) is 12.3 Å². The number of hydrogen-bond donors (Lipinski definition) is 0. The lowest BCUT2D eigenvalue weighted by Crippen LogP contribution is -1.92. The summed E-state index contributed by atoms with van der Waals surface area (Å²) in [5.74, 6) is 2.43. The molecule has 0 radical (unpaired) electrons. The van der Waals surface area contributed by atoms with E-state index in [-0.39, 0.29) is 0 Å². The van der Waals surface area contributed by atoms with Gasteiger partial charge in [-0.3, -0.25) is 0 Å². The van der Waals surface area contributed by atoms with Gasteiger partial charge in [0.05, 0.1) is 19.1 Å². The van der Waals surface area contributed by atoms with Crippen LogP contribution in [0.15, 0.2) is 35.1 Å². The fourth-order valence-electron chi connectivity index (χ4n) is 1.33. The monoisotopic (exact) mass is 186 g/mol. The van der Waals surface area contributed by atoms with Crippen molar-refractivity contribution in [3.63, 3.8) is 0 Å². The first-order valence-corrected chi connectivity index (χ1v) is 4.36. The summed E-state index contributed by atoms with van der Waals surface area (Å²) in [6.45, 7) is 0.898. The SMILES string of the molecule is C#CCOCc1ccc2cocc2c1. The molecular formula is C12H10O2. The lowest BCUT2D eigenvalue weighted by atomic mass is 10.1. The van der Waals surface area contributed by atoms with Gasteiger partial charge in [-0.15, -0.1) is 6.42 Å². The van der Waals surface area contributed by atoms with E-state index >= 15 is 0 Å². The number of fused-ring (bicyclic) bond motifs is 1. The smallest absolute Gasteiger partial charge is 0.107 e. The summed E-state index contributed by atoms with van der Waals surface area (Å²) in [7, 11) is 0. The molecule has 1 heterocycles. The molecule has 0 bridgehead atoms. The molecule has 2 nitrogen and oxygen atoms in total. The van der Waals surface area contributed by atoms with Crippen LogP contribution in [0.25, 0.3) is 10.8 Å². The van der Waals surface area contributed by atoms with E-state index in [0.29, 0.717) is 13.2 Å². The van der Waals surface area contributed by atoms with E-state index in [4.69, 9.17) is 15.6 Å². The number of terminal acetylenes is 1. The summed E-state index contributed by atoms with van der Waals surface area (Å²) >= 11 is 0. The Bertz CT molecular complexity index is 462. The molecule has 0 atom stereocenters. The van der Waals surface area contributed by atoms with Crippen LogP contribution in [0.2, 0.25) is 0 Å². The van der Waals surface area contributed by atoms with E-state index < -0.39 is 0 Å². The molecule has 14 heavy (non-hydrogen) atoms. The average Bonchev–Trinajstić information content (AvgIpc) is 2.65. The van der Waals surface area contributed by atoms with Crippen LogP contribution in [0.4, 0.5) is 0 Å². The first-order valence-electron chi connectivity index (χ1n) is 4.36. The third-order valence-corrected chi connectivity index (χ3v) is 2.00. The highest BCUT2D eigenvalue weighted by atomic mass is 16.5. The molecule has 1 aromatic carbocycles. The fourth-order valence-corrected chi connectivity index (χ4v) is 1.33. The number of rotatable bonds is 3. The zero-order valence-electron chi connectivity index (χ0n) is 7.69. The zero-order chi connectivity index (χ0) is 9.80. The number of furan rings is 1. The van der Waals surface area contributed by atoms with Gasteiger partial charge in [0.1, 0.15) is 6.61 Å². The molecule has 2 aromatic rings. The van der Waals surface area contributed by atoms with Crippen LogP contribution >= 0.6 is 0 Å². The molecule has 0 amide bonds. The van der Waals surface area contributed by atoms with Crippen LogP contribution < -0.4 is 0 Å². The molecule has 0 aliphatic heterocycles.